The van der Waals surface area contributed by atoms with Gasteiger partial charge in [0.1, 0.15) is 11.3 Å². The minimum Gasteiger partial charge on any atom is -0.461 e. The Labute approximate surface area is 455 Å². The molecule has 390 valence electrons. The fourth-order valence-corrected chi connectivity index (χ4v) is 9.50. The molecule has 4 heteroatoms. The number of aryl methyl sites for hydroxylation is 20. The molecular formula is C71H84N2OS. The van der Waals surface area contributed by atoms with Crippen molar-refractivity contribution in [3.8, 4) is 0 Å². The molecule has 4 aromatic heterocycles. The SMILES string of the molecule is Cc1cc(C)c(C)cc1C.Cc1ccc(C)c(C)c1.Cc1ccc(C)c(C)n1.Cc1ccc2c(c1)cc(C)n2C.Cc1ccc2cc(C)c(C)cc2c1.Cc1ccc2oc(C)cc2c1.Cc1ccc2sc(C)cc2c1. The van der Waals surface area contributed by atoms with Gasteiger partial charge >= 0.3 is 0 Å². The third-order valence-corrected chi connectivity index (χ3v) is 14.9. The molecule has 11 rings (SSSR count). The highest BCUT2D eigenvalue weighted by Gasteiger charge is 2.02. The molecule has 11 aromatic rings. The number of nitrogens with zero attached hydrogens (tertiary/aromatic N) is 2. The second-order valence-electron chi connectivity index (χ2n) is 21.0. The maximum absolute atomic E-state index is 5.42. The lowest BCUT2D eigenvalue weighted by molar-refractivity contribution is 0.578. The molecule has 3 nitrogen and oxygen atoms in total. The Morgan fingerprint density at radius 3 is 1.39 bits per heavy atom. The number of rotatable bonds is 0. The topological polar surface area (TPSA) is 31.0 Å². The summed E-state index contributed by atoms with van der Waals surface area (Å²) < 4.78 is 9.04. The second kappa shape index (κ2) is 27.0. The van der Waals surface area contributed by atoms with E-state index in [2.05, 4.69) is 261 Å². The zero-order chi connectivity index (χ0) is 55.3. The van der Waals surface area contributed by atoms with Crippen LogP contribution in [0.2, 0.25) is 0 Å². The summed E-state index contributed by atoms with van der Waals surface area (Å²) >= 11 is 1.86. The summed E-state index contributed by atoms with van der Waals surface area (Å²) in [4.78, 5) is 5.67. The van der Waals surface area contributed by atoms with Crippen LogP contribution >= 0.6 is 11.3 Å². The van der Waals surface area contributed by atoms with Gasteiger partial charge in [0.2, 0.25) is 0 Å². The highest BCUT2D eigenvalue weighted by molar-refractivity contribution is 7.19. The maximum Gasteiger partial charge on any atom is 0.134 e. The summed E-state index contributed by atoms with van der Waals surface area (Å²) in [5.41, 5.74) is 24.8. The zero-order valence-electron chi connectivity index (χ0n) is 49.1. The Morgan fingerprint density at radius 2 is 0.813 bits per heavy atom. The van der Waals surface area contributed by atoms with E-state index in [1.807, 2.05) is 44.2 Å². The molecule has 7 aromatic carbocycles. The quantitative estimate of drug-likeness (QED) is 0.152. The van der Waals surface area contributed by atoms with Gasteiger partial charge in [0, 0.05) is 50.0 Å². The van der Waals surface area contributed by atoms with Crippen LogP contribution in [0.15, 0.2) is 150 Å². The first kappa shape index (κ1) is 58.9. The number of benzene rings is 7. The van der Waals surface area contributed by atoms with Crippen molar-refractivity contribution >= 4 is 54.1 Å². The predicted octanol–water partition coefficient (Wildman–Crippen LogP) is 20.7. The van der Waals surface area contributed by atoms with Crippen LogP contribution in [0.1, 0.15) is 106 Å². The third-order valence-electron chi connectivity index (χ3n) is 13.9. The van der Waals surface area contributed by atoms with E-state index >= 15 is 0 Å². The van der Waals surface area contributed by atoms with E-state index in [4.69, 9.17) is 4.42 Å². The van der Waals surface area contributed by atoms with Crippen molar-refractivity contribution < 1.29 is 4.42 Å². The lowest BCUT2D eigenvalue weighted by atomic mass is 10.0. The van der Waals surface area contributed by atoms with Gasteiger partial charge in [0.15, 0.2) is 0 Å². The molecule has 0 atom stereocenters. The smallest absolute Gasteiger partial charge is 0.134 e. The van der Waals surface area contributed by atoms with Crippen molar-refractivity contribution in [2.45, 2.75) is 132 Å². The minimum atomic E-state index is 0.977. The van der Waals surface area contributed by atoms with Gasteiger partial charge in [-0.25, -0.2) is 0 Å². The molecule has 0 bridgehead atoms. The number of hydrogen-bond donors (Lipinski definition) is 0. The van der Waals surface area contributed by atoms with Gasteiger partial charge in [0.25, 0.3) is 0 Å². The van der Waals surface area contributed by atoms with Crippen molar-refractivity contribution in [2.24, 2.45) is 7.05 Å². The number of aromatic nitrogens is 2. The van der Waals surface area contributed by atoms with E-state index in [0.29, 0.717) is 0 Å². The first-order valence-corrected chi connectivity index (χ1v) is 27.1. The Morgan fingerprint density at radius 1 is 0.347 bits per heavy atom. The van der Waals surface area contributed by atoms with E-state index in [-0.39, 0.29) is 0 Å². The first-order chi connectivity index (χ1) is 35.4. The summed E-state index contributed by atoms with van der Waals surface area (Å²) in [6, 6.07) is 52.1. The molecule has 0 saturated carbocycles. The molecule has 0 fully saturated rings. The third kappa shape index (κ3) is 17.5. The molecular weight excluding hydrogens is 929 g/mol. The fraction of sp³-hybridized carbons (Fsp3) is 0.282. The van der Waals surface area contributed by atoms with Gasteiger partial charge in [-0.1, -0.05) is 119 Å². The van der Waals surface area contributed by atoms with Crippen molar-refractivity contribution in [1.82, 2.24) is 9.55 Å². The van der Waals surface area contributed by atoms with Crippen LogP contribution in [0.25, 0.3) is 42.7 Å². The van der Waals surface area contributed by atoms with Crippen molar-refractivity contribution in [2.75, 3.05) is 0 Å². The number of pyridine rings is 1. The largest absolute Gasteiger partial charge is 0.461 e. The molecule has 0 radical (unpaired) electrons. The summed E-state index contributed by atoms with van der Waals surface area (Å²) in [6.45, 7) is 40.2. The van der Waals surface area contributed by atoms with Crippen LogP contribution in [0.3, 0.4) is 0 Å². The number of hydrogen-bond acceptors (Lipinski definition) is 3. The molecule has 0 amide bonds. The van der Waals surface area contributed by atoms with Gasteiger partial charge in [-0.15, -0.1) is 11.3 Å². The summed E-state index contributed by atoms with van der Waals surface area (Å²) in [6.07, 6.45) is 0. The molecule has 0 unspecified atom stereocenters. The minimum absolute atomic E-state index is 0.977. The van der Waals surface area contributed by atoms with Crippen molar-refractivity contribution in [1.29, 1.82) is 0 Å². The fourth-order valence-electron chi connectivity index (χ4n) is 8.60. The van der Waals surface area contributed by atoms with Crippen LogP contribution in [0, 0.1) is 132 Å². The van der Waals surface area contributed by atoms with Gasteiger partial charge in [0.05, 0.1) is 0 Å². The van der Waals surface area contributed by atoms with E-state index < -0.39 is 0 Å². The summed E-state index contributed by atoms with van der Waals surface area (Å²) in [5.74, 6) is 0.977. The van der Waals surface area contributed by atoms with Crippen LogP contribution in [0.5, 0.6) is 0 Å². The molecule has 4 heterocycles. The predicted molar refractivity (Wildman–Crippen MR) is 332 cm³/mol. The van der Waals surface area contributed by atoms with Crippen molar-refractivity contribution in [3.63, 3.8) is 0 Å². The van der Waals surface area contributed by atoms with Gasteiger partial charge in [-0.2, -0.15) is 0 Å². The Bertz CT molecular complexity index is 3490. The van der Waals surface area contributed by atoms with Gasteiger partial charge in [-0.05, 0) is 252 Å². The summed E-state index contributed by atoms with van der Waals surface area (Å²) in [7, 11) is 2.10. The maximum atomic E-state index is 5.42. The highest BCUT2D eigenvalue weighted by Crippen LogP contribution is 2.26. The Hall–Kier alpha value is -7.01. The molecule has 0 aliphatic carbocycles. The molecule has 0 spiro atoms. The number of furan rings is 1. The average molecular weight is 1010 g/mol. The van der Waals surface area contributed by atoms with Gasteiger partial charge in [-0.3, -0.25) is 4.98 Å². The standard InChI is InChI=1S/C13H14.C11H13N.C10H10O.C10H10S.C10H14.C9H12.C8H11N/c1-9-4-5-12-7-10(2)11(3)8-13(12)6-9;1-8-4-5-11-10(6-8)7-9(2)12(11)3;2*1-7-3-4-10-9(5-7)6-8(2)11-10;1-7-5-9(3)10(4)6-8(7)2;1-7-4-5-8(2)9(3)6-7;1-6-4-5-7(2)9-8(6)3/h4-8H,1-3H3;4-7H,1-3H3;2*3-6H,1-2H3;5-6H,1-4H3;4-6H,1-3H3;4-5H,1-3H3. The zero-order valence-corrected chi connectivity index (χ0v) is 49.9. The van der Waals surface area contributed by atoms with Crippen molar-refractivity contribution in [3.05, 3.63) is 251 Å². The van der Waals surface area contributed by atoms with E-state index in [1.54, 1.807) is 0 Å². The van der Waals surface area contributed by atoms with Gasteiger partial charge < -0.3 is 8.98 Å². The number of thiophene rings is 1. The Balaban J connectivity index is 0.000000162. The number of fused-ring (bicyclic) bond motifs is 4. The Kier molecular flexibility index (Phi) is 21.2. The van der Waals surface area contributed by atoms with Crippen LogP contribution in [-0.4, -0.2) is 9.55 Å². The lowest BCUT2D eigenvalue weighted by Crippen LogP contribution is -1.88. The average Bonchev–Trinajstić information content (AvgIpc) is 4.00. The molecule has 0 aliphatic heterocycles. The second-order valence-corrected chi connectivity index (χ2v) is 22.2. The molecule has 0 N–H and O–H groups in total. The normalized spacial score (nSPS) is 10.4. The monoisotopic (exact) mass is 1010 g/mol. The summed E-state index contributed by atoms with van der Waals surface area (Å²) in [5, 5.41) is 6.61. The lowest BCUT2D eigenvalue weighted by Gasteiger charge is -2.04. The van der Waals surface area contributed by atoms with E-state index in [0.717, 1.165) is 22.7 Å². The van der Waals surface area contributed by atoms with E-state index in [9.17, 15) is 0 Å². The van der Waals surface area contributed by atoms with Crippen LogP contribution < -0.4 is 0 Å². The van der Waals surface area contributed by atoms with Crippen LogP contribution in [-0.2, 0) is 7.05 Å². The molecule has 75 heavy (non-hydrogen) atoms. The first-order valence-electron chi connectivity index (χ1n) is 26.3. The van der Waals surface area contributed by atoms with Crippen LogP contribution in [0.4, 0.5) is 0 Å². The molecule has 0 saturated heterocycles. The molecule has 0 aliphatic rings. The van der Waals surface area contributed by atoms with E-state index in [1.165, 1.54) is 126 Å². The highest BCUT2D eigenvalue weighted by atomic mass is 32.1.